The smallest absolute Gasteiger partial charge is 0.0867 e. The number of hydrogen-bond acceptors (Lipinski definition) is 3. The van der Waals surface area contributed by atoms with Crippen molar-refractivity contribution in [2.75, 3.05) is 37.6 Å². The van der Waals surface area contributed by atoms with Gasteiger partial charge in [-0.1, -0.05) is 32.0 Å². The summed E-state index contributed by atoms with van der Waals surface area (Å²) in [4.78, 5) is 4.71. The van der Waals surface area contributed by atoms with E-state index in [1.165, 1.54) is 16.8 Å². The zero-order chi connectivity index (χ0) is 13.8. The lowest BCUT2D eigenvalue weighted by molar-refractivity contribution is 0.286. The predicted octanol–water partition coefficient (Wildman–Crippen LogP) is 2.76. The van der Waals surface area contributed by atoms with E-state index in [-0.39, 0.29) is 0 Å². The third-order valence-corrected chi connectivity index (χ3v) is 3.87. The Kier molecular flexibility index (Phi) is 4.44. The molecule has 1 aromatic carbocycles. The molecule has 2 rings (SSSR count). The lowest BCUT2D eigenvalue weighted by Crippen LogP contribution is -2.47. The molecule has 1 aliphatic heterocycles. The van der Waals surface area contributed by atoms with Gasteiger partial charge in [0.05, 0.1) is 12.6 Å². The number of nitrogens with zero attached hydrogens (tertiary/aromatic N) is 3. The maximum absolute atomic E-state index is 8.76. The Morgan fingerprint density at radius 2 is 1.89 bits per heavy atom. The van der Waals surface area contributed by atoms with Crippen LogP contribution in [0.25, 0.3) is 0 Å². The number of rotatable bonds is 3. The van der Waals surface area contributed by atoms with Crippen LogP contribution in [0.4, 0.5) is 5.69 Å². The summed E-state index contributed by atoms with van der Waals surface area (Å²) in [6.45, 7) is 11.3. The average Bonchev–Trinajstić information content (AvgIpc) is 2.40. The molecular weight excluding hydrogens is 234 g/mol. The van der Waals surface area contributed by atoms with Crippen molar-refractivity contribution in [3.63, 3.8) is 0 Å². The predicted molar refractivity (Wildman–Crippen MR) is 79.5 cm³/mol. The van der Waals surface area contributed by atoms with Crippen LogP contribution in [0.5, 0.6) is 0 Å². The Hall–Kier alpha value is -1.53. The molecule has 0 saturated carbocycles. The van der Waals surface area contributed by atoms with Gasteiger partial charge in [-0.25, -0.2) is 0 Å². The van der Waals surface area contributed by atoms with Crippen LogP contribution >= 0.6 is 0 Å². The first-order chi connectivity index (χ1) is 9.13. The quantitative estimate of drug-likeness (QED) is 0.780. The molecule has 0 unspecified atom stereocenters. The molecule has 3 nitrogen and oxygen atoms in total. The summed E-state index contributed by atoms with van der Waals surface area (Å²) in [6.07, 6.45) is 0. The number of piperazine rings is 1. The summed E-state index contributed by atoms with van der Waals surface area (Å²) in [5, 5.41) is 8.76. The van der Waals surface area contributed by atoms with Crippen molar-refractivity contribution in [3.05, 3.63) is 29.3 Å². The zero-order valence-electron chi connectivity index (χ0n) is 12.2. The van der Waals surface area contributed by atoms with E-state index >= 15 is 0 Å². The Morgan fingerprint density at radius 1 is 1.21 bits per heavy atom. The minimum atomic E-state index is 0.548. The standard InChI is InChI=1S/C16H23N3/c1-13(2)15-6-4-5-14(3)16(15)19-11-9-18(8-7-17)10-12-19/h4-6,13H,8-12H2,1-3H3. The molecular formula is C16H23N3. The van der Waals surface area contributed by atoms with Crippen LogP contribution in [0, 0.1) is 18.3 Å². The minimum Gasteiger partial charge on any atom is -0.369 e. The van der Waals surface area contributed by atoms with Gasteiger partial charge in [0.2, 0.25) is 0 Å². The maximum atomic E-state index is 8.76. The summed E-state index contributed by atoms with van der Waals surface area (Å²) < 4.78 is 0. The minimum absolute atomic E-state index is 0.548. The molecule has 1 aliphatic rings. The second-order valence-electron chi connectivity index (χ2n) is 5.59. The molecule has 1 heterocycles. The summed E-state index contributed by atoms with van der Waals surface area (Å²) in [5.41, 5.74) is 4.21. The SMILES string of the molecule is Cc1cccc(C(C)C)c1N1CCN(CC#N)CC1. The molecule has 3 heteroatoms. The largest absolute Gasteiger partial charge is 0.369 e. The van der Waals surface area contributed by atoms with E-state index in [1.807, 2.05) is 0 Å². The highest BCUT2D eigenvalue weighted by atomic mass is 15.3. The van der Waals surface area contributed by atoms with Gasteiger partial charge in [-0.3, -0.25) is 4.90 Å². The van der Waals surface area contributed by atoms with Gasteiger partial charge < -0.3 is 4.90 Å². The Bertz CT molecular complexity index is 465. The lowest BCUT2D eigenvalue weighted by atomic mass is 9.97. The van der Waals surface area contributed by atoms with E-state index in [4.69, 9.17) is 5.26 Å². The van der Waals surface area contributed by atoms with Crippen LogP contribution in [0.2, 0.25) is 0 Å². The maximum Gasteiger partial charge on any atom is 0.0867 e. The van der Waals surface area contributed by atoms with Crippen molar-refractivity contribution in [3.8, 4) is 6.07 Å². The Morgan fingerprint density at radius 3 is 2.47 bits per heavy atom. The summed E-state index contributed by atoms with van der Waals surface area (Å²) in [5.74, 6) is 0.548. The van der Waals surface area contributed by atoms with Gasteiger partial charge in [-0.05, 0) is 24.0 Å². The van der Waals surface area contributed by atoms with Crippen molar-refractivity contribution in [2.45, 2.75) is 26.7 Å². The van der Waals surface area contributed by atoms with Gasteiger partial charge in [-0.15, -0.1) is 0 Å². The topological polar surface area (TPSA) is 30.3 Å². The number of aryl methyl sites for hydroxylation is 1. The average molecular weight is 257 g/mol. The van der Waals surface area contributed by atoms with Crippen LogP contribution in [0.3, 0.4) is 0 Å². The van der Waals surface area contributed by atoms with Crippen LogP contribution in [-0.2, 0) is 0 Å². The van der Waals surface area contributed by atoms with Gasteiger partial charge in [0.1, 0.15) is 0 Å². The monoisotopic (exact) mass is 257 g/mol. The third kappa shape index (κ3) is 3.08. The van der Waals surface area contributed by atoms with E-state index in [1.54, 1.807) is 0 Å². The van der Waals surface area contributed by atoms with Crippen LogP contribution < -0.4 is 4.90 Å². The second kappa shape index (κ2) is 6.08. The van der Waals surface area contributed by atoms with E-state index in [0.29, 0.717) is 12.5 Å². The molecule has 0 atom stereocenters. The highest BCUT2D eigenvalue weighted by Gasteiger charge is 2.21. The summed E-state index contributed by atoms with van der Waals surface area (Å²) >= 11 is 0. The number of benzene rings is 1. The molecule has 102 valence electrons. The third-order valence-electron chi connectivity index (χ3n) is 3.87. The van der Waals surface area contributed by atoms with Gasteiger partial charge in [-0.2, -0.15) is 5.26 Å². The van der Waals surface area contributed by atoms with Crippen molar-refractivity contribution in [2.24, 2.45) is 0 Å². The fourth-order valence-electron chi connectivity index (χ4n) is 2.81. The van der Waals surface area contributed by atoms with Gasteiger partial charge in [0.15, 0.2) is 0 Å². The van der Waals surface area contributed by atoms with Crippen LogP contribution in [-0.4, -0.2) is 37.6 Å². The molecule has 1 aromatic rings. The lowest BCUT2D eigenvalue weighted by Gasteiger charge is -2.37. The number of para-hydroxylation sites is 1. The van der Waals surface area contributed by atoms with Gasteiger partial charge in [0.25, 0.3) is 0 Å². The second-order valence-corrected chi connectivity index (χ2v) is 5.59. The normalized spacial score (nSPS) is 16.7. The molecule has 0 aliphatic carbocycles. The summed E-state index contributed by atoms with van der Waals surface area (Å²) in [6, 6.07) is 8.84. The van der Waals surface area contributed by atoms with E-state index in [9.17, 15) is 0 Å². The zero-order valence-corrected chi connectivity index (χ0v) is 12.2. The Balaban J connectivity index is 2.18. The van der Waals surface area contributed by atoms with Crippen molar-refractivity contribution < 1.29 is 0 Å². The fraction of sp³-hybridized carbons (Fsp3) is 0.562. The van der Waals surface area contributed by atoms with Gasteiger partial charge >= 0.3 is 0 Å². The van der Waals surface area contributed by atoms with Crippen LogP contribution in [0.1, 0.15) is 30.9 Å². The van der Waals surface area contributed by atoms with Crippen LogP contribution in [0.15, 0.2) is 18.2 Å². The first-order valence-corrected chi connectivity index (χ1v) is 7.07. The van der Waals surface area contributed by atoms with E-state index in [0.717, 1.165) is 26.2 Å². The summed E-state index contributed by atoms with van der Waals surface area (Å²) in [7, 11) is 0. The number of anilines is 1. The van der Waals surface area contributed by atoms with Crippen molar-refractivity contribution in [1.82, 2.24) is 4.90 Å². The molecule has 0 amide bonds. The molecule has 0 bridgehead atoms. The van der Waals surface area contributed by atoms with E-state index in [2.05, 4.69) is 54.8 Å². The molecule has 19 heavy (non-hydrogen) atoms. The first-order valence-electron chi connectivity index (χ1n) is 7.07. The van der Waals surface area contributed by atoms with Crippen molar-refractivity contribution >= 4 is 5.69 Å². The first kappa shape index (κ1) is 13.9. The Labute approximate surface area is 116 Å². The van der Waals surface area contributed by atoms with E-state index < -0.39 is 0 Å². The van der Waals surface area contributed by atoms with Crippen molar-refractivity contribution in [1.29, 1.82) is 5.26 Å². The van der Waals surface area contributed by atoms with Gasteiger partial charge in [0, 0.05) is 31.9 Å². The number of nitriles is 1. The molecule has 0 aromatic heterocycles. The highest BCUT2D eigenvalue weighted by molar-refractivity contribution is 5.60. The molecule has 0 N–H and O–H groups in total. The fourth-order valence-corrected chi connectivity index (χ4v) is 2.81. The number of hydrogen-bond donors (Lipinski definition) is 0. The molecule has 1 fully saturated rings. The molecule has 0 spiro atoms. The molecule has 0 radical (unpaired) electrons. The molecule has 1 saturated heterocycles. The highest BCUT2D eigenvalue weighted by Crippen LogP contribution is 2.31.